The molecular formula is C37H54N7O4+. The van der Waals surface area contributed by atoms with Gasteiger partial charge in [0.05, 0.1) is 12.6 Å². The predicted molar refractivity (Wildman–Crippen MR) is 186 cm³/mol. The number of nitrogens with zero attached hydrogens (tertiary/aromatic N) is 2. The first-order chi connectivity index (χ1) is 23.0. The standard InChI is InChI=1S/C37H53N7O4/c1-25(2)18-32(35(46)40-31(16-10-11-17-38)37(48)44-23-28-21-43(3)22-29(28)24-44)42-36(47)33(20-27-14-8-5-9-15-27)41-34(45)30(39)19-26-12-6-4-7-13-26/h4-9,12-15,25,30-33H,10-11,16-24,38-39H2,1-3H3,(H,40,46)(H,41,45)(H,42,47)/p+1. The Hall–Kier alpha value is -4.06. The molecule has 11 heteroatoms. The van der Waals surface area contributed by atoms with Crippen LogP contribution in [0.25, 0.3) is 0 Å². The lowest BCUT2D eigenvalue weighted by molar-refractivity contribution is -0.368. The summed E-state index contributed by atoms with van der Waals surface area (Å²) in [5.74, 6) is -1.36. The first-order valence-corrected chi connectivity index (χ1v) is 17.2. The summed E-state index contributed by atoms with van der Waals surface area (Å²) in [4.78, 5) is 58.9. The highest BCUT2D eigenvalue weighted by Crippen LogP contribution is 2.25. The van der Waals surface area contributed by atoms with Gasteiger partial charge in [0.25, 0.3) is 0 Å². The van der Waals surface area contributed by atoms with Crippen LogP contribution in [-0.4, -0.2) is 97.4 Å². The summed E-state index contributed by atoms with van der Waals surface area (Å²) in [6.45, 7) is 7.58. The number of carbonyl (C=O) groups excluding carboxylic acids is 4. The summed E-state index contributed by atoms with van der Waals surface area (Å²) in [5, 5.41) is 8.79. The van der Waals surface area contributed by atoms with Crippen molar-refractivity contribution in [3.63, 3.8) is 0 Å². The molecule has 0 saturated heterocycles. The van der Waals surface area contributed by atoms with Crippen LogP contribution in [0.3, 0.4) is 0 Å². The monoisotopic (exact) mass is 660 g/mol. The van der Waals surface area contributed by atoms with Crippen molar-refractivity contribution in [2.75, 3.05) is 39.8 Å². The molecule has 260 valence electrons. The van der Waals surface area contributed by atoms with Crippen LogP contribution in [0.15, 0.2) is 71.8 Å². The van der Waals surface area contributed by atoms with E-state index in [-0.39, 0.29) is 18.2 Å². The topological polar surface area (TPSA) is 165 Å². The number of benzene rings is 2. The molecule has 0 bridgehead atoms. The van der Waals surface area contributed by atoms with Gasteiger partial charge in [-0.15, -0.1) is 0 Å². The molecule has 2 aliphatic rings. The fourth-order valence-corrected chi connectivity index (χ4v) is 6.48. The van der Waals surface area contributed by atoms with E-state index in [0.717, 1.165) is 43.6 Å². The van der Waals surface area contributed by atoms with Gasteiger partial charge in [0, 0.05) is 32.6 Å². The van der Waals surface area contributed by atoms with Gasteiger partial charge in [-0.1, -0.05) is 74.5 Å². The van der Waals surface area contributed by atoms with Crippen LogP contribution in [0.1, 0.15) is 50.7 Å². The Balaban J connectivity index is 1.47. The number of rotatable bonds is 17. The first kappa shape index (κ1) is 36.8. The molecule has 2 heterocycles. The minimum atomic E-state index is -0.963. The molecule has 4 unspecified atom stereocenters. The molecule has 4 amide bonds. The fourth-order valence-electron chi connectivity index (χ4n) is 6.48. The number of carbonyl (C=O) groups is 4. The molecule has 4 rings (SSSR count). The maximum atomic E-state index is 13.9. The third-order valence-corrected chi connectivity index (χ3v) is 8.99. The number of nitrogens with two attached hydrogens (primary N) is 1. The molecular weight excluding hydrogens is 606 g/mol. The quantitative estimate of drug-likeness (QED) is 0.124. The molecule has 2 aliphatic heterocycles. The number of unbranched alkanes of at least 4 members (excludes halogenated alkanes) is 1. The zero-order chi connectivity index (χ0) is 34.6. The van der Waals surface area contributed by atoms with Gasteiger partial charge in [-0.05, 0) is 67.3 Å². The van der Waals surface area contributed by atoms with Crippen molar-refractivity contribution in [1.29, 1.82) is 0 Å². The molecule has 0 aliphatic carbocycles. The van der Waals surface area contributed by atoms with Crippen molar-refractivity contribution in [3.05, 3.63) is 82.9 Å². The Labute approximate surface area is 284 Å². The van der Waals surface area contributed by atoms with Crippen molar-refractivity contribution in [1.82, 2.24) is 25.8 Å². The van der Waals surface area contributed by atoms with E-state index < -0.39 is 41.9 Å². The molecule has 11 nitrogen and oxygen atoms in total. The third-order valence-electron chi connectivity index (χ3n) is 8.99. The van der Waals surface area contributed by atoms with Gasteiger partial charge in [-0.25, -0.2) is 0 Å². The van der Waals surface area contributed by atoms with E-state index in [1.54, 1.807) is 0 Å². The van der Waals surface area contributed by atoms with Crippen LogP contribution >= 0.6 is 0 Å². The first-order valence-electron chi connectivity index (χ1n) is 17.2. The van der Waals surface area contributed by atoms with Crippen LogP contribution in [0.5, 0.6) is 0 Å². The van der Waals surface area contributed by atoms with Gasteiger partial charge >= 0.3 is 0 Å². The van der Waals surface area contributed by atoms with E-state index >= 15 is 0 Å². The van der Waals surface area contributed by atoms with Crippen molar-refractivity contribution in [3.8, 4) is 0 Å². The number of hydrogen-bond donors (Lipinski definition) is 5. The van der Waals surface area contributed by atoms with Crippen LogP contribution < -0.4 is 27.4 Å². The summed E-state index contributed by atoms with van der Waals surface area (Å²) in [6.07, 6.45) is 3.00. The fraction of sp³-hybridized carbons (Fsp3) is 0.514. The molecule has 0 fully saturated rings. The van der Waals surface area contributed by atoms with Gasteiger partial charge in [-0.3, -0.25) is 24.1 Å². The van der Waals surface area contributed by atoms with Crippen molar-refractivity contribution < 1.29 is 24.9 Å². The van der Waals surface area contributed by atoms with Gasteiger partial charge in [0.1, 0.15) is 18.1 Å². The van der Waals surface area contributed by atoms with Crippen LogP contribution in [0, 0.1) is 5.92 Å². The van der Waals surface area contributed by atoms with Gasteiger partial charge in [-0.2, -0.15) is 0 Å². The van der Waals surface area contributed by atoms with Crippen molar-refractivity contribution in [2.45, 2.75) is 76.5 Å². The van der Waals surface area contributed by atoms with Gasteiger partial charge in [0.2, 0.25) is 23.6 Å². The molecule has 2 aromatic rings. The normalized spacial score (nSPS) is 17.1. The summed E-state index contributed by atoms with van der Waals surface area (Å²) in [7, 11) is 2.07. The molecule has 2 aromatic carbocycles. The van der Waals surface area contributed by atoms with Gasteiger partial charge in [0.15, 0.2) is 0 Å². The van der Waals surface area contributed by atoms with E-state index in [1.807, 2.05) is 79.4 Å². The van der Waals surface area contributed by atoms with Crippen LogP contribution in [0.4, 0.5) is 0 Å². The zero-order valence-corrected chi connectivity index (χ0v) is 28.8. The highest BCUT2D eigenvalue weighted by atomic mass is 16.2. The molecule has 0 spiro atoms. The minimum absolute atomic E-state index is 0.0746. The lowest BCUT2D eigenvalue weighted by Gasteiger charge is -2.29. The second-order valence-corrected chi connectivity index (χ2v) is 13.7. The van der Waals surface area contributed by atoms with Crippen molar-refractivity contribution >= 4 is 23.6 Å². The molecule has 0 aromatic heterocycles. The summed E-state index contributed by atoms with van der Waals surface area (Å²) >= 11 is 0. The summed E-state index contributed by atoms with van der Waals surface area (Å²) < 4.78 is 0. The Kier molecular flexibility index (Phi) is 13.7. The molecule has 0 saturated carbocycles. The number of nitrogens with one attached hydrogen (secondary N) is 3. The highest BCUT2D eigenvalue weighted by Gasteiger charge is 2.36. The minimum Gasteiger partial charge on any atom is -0.358 e. The second-order valence-electron chi connectivity index (χ2n) is 13.7. The number of likely N-dealkylation sites (N-methyl/N-ethyl adjacent to an activating group) is 1. The smallest absolute Gasteiger partial charge is 0.245 e. The lowest BCUT2D eigenvalue weighted by Crippen LogP contribution is -2.58. The van der Waals surface area contributed by atoms with E-state index in [2.05, 4.69) is 33.6 Å². The Bertz CT molecular complexity index is 1400. The van der Waals surface area contributed by atoms with Gasteiger partial charge < -0.3 is 32.3 Å². The zero-order valence-electron chi connectivity index (χ0n) is 28.8. The summed E-state index contributed by atoms with van der Waals surface area (Å²) in [5.41, 5.74) is 14.5. The average Bonchev–Trinajstić information content (AvgIpc) is 3.61. The Morgan fingerprint density at radius 2 is 1.25 bits per heavy atom. The molecule has 0 radical (unpaired) electrons. The third kappa shape index (κ3) is 10.7. The van der Waals surface area contributed by atoms with Crippen LogP contribution in [-0.2, 0) is 32.0 Å². The Morgan fingerprint density at radius 1 is 0.729 bits per heavy atom. The second kappa shape index (κ2) is 17.9. The highest BCUT2D eigenvalue weighted by molar-refractivity contribution is 5.95. The largest absolute Gasteiger partial charge is 0.358 e. The molecule has 8 N–H and O–H groups in total. The van der Waals surface area contributed by atoms with E-state index in [9.17, 15) is 19.2 Å². The Morgan fingerprint density at radius 3 is 1.81 bits per heavy atom. The number of amides is 4. The predicted octanol–water partition coefficient (Wildman–Crippen LogP) is 0.796. The van der Waals surface area contributed by atoms with E-state index in [4.69, 9.17) is 5.73 Å². The summed E-state index contributed by atoms with van der Waals surface area (Å²) in [6, 6.07) is 15.4. The average molecular weight is 661 g/mol. The number of hydrogen-bond acceptors (Lipinski definition) is 6. The van der Waals surface area contributed by atoms with Crippen molar-refractivity contribution in [2.24, 2.45) is 11.7 Å². The SMILES string of the molecule is CC(C)CC(NC(=O)C(Cc1ccccc1)NC(=O)C(N)Cc1ccccc1)C(=O)NC(CCCC[NH3+])C(=O)N1CC2=C(CN(C)C2)C1. The van der Waals surface area contributed by atoms with E-state index in [1.165, 1.54) is 11.1 Å². The molecule has 48 heavy (non-hydrogen) atoms. The molecule has 4 atom stereocenters. The lowest BCUT2D eigenvalue weighted by atomic mass is 9.99. The van der Waals surface area contributed by atoms with E-state index in [0.29, 0.717) is 32.4 Å². The maximum Gasteiger partial charge on any atom is 0.245 e. The van der Waals surface area contributed by atoms with Crippen LogP contribution in [0.2, 0.25) is 0 Å². The maximum absolute atomic E-state index is 13.9. The number of quaternary nitrogens is 1.